The molecular formula is C14H24N4O3. The highest BCUT2D eigenvalue weighted by molar-refractivity contribution is 5.81. The van der Waals surface area contributed by atoms with Gasteiger partial charge in [0.1, 0.15) is 0 Å². The highest BCUT2D eigenvalue weighted by Crippen LogP contribution is 2.06. The lowest BCUT2D eigenvalue weighted by Gasteiger charge is -2.22. The molecule has 0 saturated heterocycles. The molecule has 1 heterocycles. The number of nitrogens with zero attached hydrogens (tertiary/aromatic N) is 3. The van der Waals surface area contributed by atoms with E-state index in [1.165, 1.54) is 22.7 Å². The summed E-state index contributed by atoms with van der Waals surface area (Å²) >= 11 is 0. The van der Waals surface area contributed by atoms with Crippen molar-refractivity contribution >= 4 is 5.91 Å². The SMILES string of the molecule is CC(C)CC(N)C(=O)N(C)Cc1cn(C)c(=O)n(C)c1=O. The first-order valence-corrected chi connectivity index (χ1v) is 6.91. The highest BCUT2D eigenvalue weighted by Gasteiger charge is 2.20. The van der Waals surface area contributed by atoms with Crippen LogP contribution < -0.4 is 17.0 Å². The first kappa shape index (κ1) is 17.2. The van der Waals surface area contributed by atoms with Gasteiger partial charge in [-0.1, -0.05) is 13.8 Å². The molecule has 0 aliphatic rings. The molecule has 118 valence electrons. The lowest BCUT2D eigenvalue weighted by molar-refractivity contribution is -0.132. The van der Waals surface area contributed by atoms with Crippen LogP contribution in [0.2, 0.25) is 0 Å². The van der Waals surface area contributed by atoms with Gasteiger partial charge in [0.15, 0.2) is 0 Å². The summed E-state index contributed by atoms with van der Waals surface area (Å²) in [7, 11) is 4.59. The van der Waals surface area contributed by atoms with Crippen molar-refractivity contribution in [3.8, 4) is 0 Å². The van der Waals surface area contributed by atoms with Crippen LogP contribution in [-0.4, -0.2) is 33.0 Å². The second-order valence-corrected chi connectivity index (χ2v) is 5.84. The van der Waals surface area contributed by atoms with Crippen molar-refractivity contribution in [2.24, 2.45) is 25.7 Å². The van der Waals surface area contributed by atoms with Gasteiger partial charge in [-0.3, -0.25) is 14.2 Å². The molecule has 1 aromatic rings. The number of hydrogen-bond acceptors (Lipinski definition) is 4. The van der Waals surface area contributed by atoms with E-state index in [0.717, 1.165) is 4.57 Å². The second-order valence-electron chi connectivity index (χ2n) is 5.84. The minimum absolute atomic E-state index is 0.130. The van der Waals surface area contributed by atoms with Crippen LogP contribution in [0, 0.1) is 5.92 Å². The third kappa shape index (κ3) is 4.04. The Balaban J connectivity index is 2.94. The first-order valence-electron chi connectivity index (χ1n) is 6.91. The Morgan fingerprint density at radius 2 is 1.90 bits per heavy atom. The van der Waals surface area contributed by atoms with E-state index < -0.39 is 17.3 Å². The molecule has 0 radical (unpaired) electrons. The maximum absolute atomic E-state index is 12.2. The predicted octanol–water partition coefficient (Wildman–Crippen LogP) is -0.584. The largest absolute Gasteiger partial charge is 0.340 e. The van der Waals surface area contributed by atoms with Gasteiger partial charge in [0.05, 0.1) is 18.2 Å². The van der Waals surface area contributed by atoms with Crippen LogP contribution in [0.15, 0.2) is 15.8 Å². The van der Waals surface area contributed by atoms with E-state index in [4.69, 9.17) is 5.73 Å². The molecule has 0 aromatic carbocycles. The van der Waals surface area contributed by atoms with Crippen LogP contribution >= 0.6 is 0 Å². The molecule has 0 bridgehead atoms. The van der Waals surface area contributed by atoms with E-state index in [2.05, 4.69) is 0 Å². The van der Waals surface area contributed by atoms with Crippen molar-refractivity contribution in [2.45, 2.75) is 32.9 Å². The molecule has 1 rings (SSSR count). The Kier molecular flexibility index (Phi) is 5.48. The fraction of sp³-hybridized carbons (Fsp3) is 0.643. The third-order valence-corrected chi connectivity index (χ3v) is 3.34. The maximum atomic E-state index is 12.2. The van der Waals surface area contributed by atoms with Crippen molar-refractivity contribution in [3.63, 3.8) is 0 Å². The van der Waals surface area contributed by atoms with E-state index in [1.807, 2.05) is 13.8 Å². The van der Waals surface area contributed by atoms with E-state index in [-0.39, 0.29) is 12.5 Å². The van der Waals surface area contributed by atoms with Gasteiger partial charge in [-0.15, -0.1) is 0 Å². The number of carbonyl (C=O) groups is 1. The van der Waals surface area contributed by atoms with Gasteiger partial charge in [-0.25, -0.2) is 4.79 Å². The summed E-state index contributed by atoms with van der Waals surface area (Å²) < 4.78 is 2.35. The molecule has 1 atom stereocenters. The molecule has 1 unspecified atom stereocenters. The smallest absolute Gasteiger partial charge is 0.330 e. The third-order valence-electron chi connectivity index (χ3n) is 3.34. The second kappa shape index (κ2) is 6.71. The summed E-state index contributed by atoms with van der Waals surface area (Å²) in [4.78, 5) is 37.2. The van der Waals surface area contributed by atoms with Gasteiger partial charge in [-0.05, 0) is 12.3 Å². The molecule has 7 nitrogen and oxygen atoms in total. The summed E-state index contributed by atoms with van der Waals surface area (Å²) in [5, 5.41) is 0. The number of aryl methyl sites for hydroxylation is 1. The van der Waals surface area contributed by atoms with Crippen LogP contribution in [0.1, 0.15) is 25.8 Å². The van der Waals surface area contributed by atoms with Crippen molar-refractivity contribution in [1.29, 1.82) is 0 Å². The molecule has 7 heteroatoms. The van der Waals surface area contributed by atoms with Crippen molar-refractivity contribution < 1.29 is 4.79 Å². The van der Waals surface area contributed by atoms with Crippen LogP contribution in [0.25, 0.3) is 0 Å². The normalized spacial score (nSPS) is 12.5. The Labute approximate surface area is 124 Å². The standard InChI is InChI=1S/C14H24N4O3/c1-9(2)6-11(15)13(20)16(3)7-10-8-17(4)14(21)18(5)12(10)19/h8-9,11H,6-7,15H2,1-5H3. The molecule has 1 aromatic heterocycles. The Morgan fingerprint density at radius 1 is 1.33 bits per heavy atom. The summed E-state index contributed by atoms with van der Waals surface area (Å²) in [5.74, 6) is 0.113. The average Bonchev–Trinajstić information content (AvgIpc) is 2.40. The maximum Gasteiger partial charge on any atom is 0.330 e. The highest BCUT2D eigenvalue weighted by atomic mass is 16.2. The van der Waals surface area contributed by atoms with Gasteiger partial charge < -0.3 is 15.2 Å². The zero-order valence-electron chi connectivity index (χ0n) is 13.3. The van der Waals surface area contributed by atoms with Crippen molar-refractivity contribution in [1.82, 2.24) is 14.0 Å². The van der Waals surface area contributed by atoms with Gasteiger partial charge in [0.2, 0.25) is 5.91 Å². The molecule has 2 N–H and O–H groups in total. The fourth-order valence-electron chi connectivity index (χ4n) is 2.22. The topological polar surface area (TPSA) is 90.3 Å². The van der Waals surface area contributed by atoms with Crippen LogP contribution in [0.3, 0.4) is 0 Å². The number of nitrogens with two attached hydrogens (primary N) is 1. The van der Waals surface area contributed by atoms with Gasteiger partial charge >= 0.3 is 5.69 Å². The number of hydrogen-bond donors (Lipinski definition) is 1. The average molecular weight is 296 g/mol. The van der Waals surface area contributed by atoms with E-state index in [9.17, 15) is 14.4 Å². The first-order chi connectivity index (χ1) is 9.65. The van der Waals surface area contributed by atoms with Crippen molar-refractivity contribution in [3.05, 3.63) is 32.6 Å². The predicted molar refractivity (Wildman–Crippen MR) is 80.8 cm³/mol. The summed E-state index contributed by atoms with van der Waals surface area (Å²) in [5.41, 5.74) is 5.46. The zero-order chi connectivity index (χ0) is 16.3. The minimum Gasteiger partial charge on any atom is -0.340 e. The van der Waals surface area contributed by atoms with Crippen LogP contribution in [-0.2, 0) is 25.4 Å². The number of likely N-dealkylation sites (N-methyl/N-ethyl adjacent to an activating group) is 1. The van der Waals surface area contributed by atoms with E-state index in [1.54, 1.807) is 14.1 Å². The lowest BCUT2D eigenvalue weighted by atomic mass is 10.0. The Bertz CT molecular complexity index is 630. The Morgan fingerprint density at radius 3 is 2.43 bits per heavy atom. The minimum atomic E-state index is -0.577. The fourth-order valence-corrected chi connectivity index (χ4v) is 2.22. The molecule has 21 heavy (non-hydrogen) atoms. The summed E-state index contributed by atoms with van der Waals surface area (Å²) in [6.07, 6.45) is 2.05. The quantitative estimate of drug-likeness (QED) is 0.787. The Hall–Kier alpha value is -1.89. The number of rotatable bonds is 5. The van der Waals surface area contributed by atoms with Crippen molar-refractivity contribution in [2.75, 3.05) is 7.05 Å². The van der Waals surface area contributed by atoms with E-state index >= 15 is 0 Å². The van der Waals surface area contributed by atoms with Crippen LogP contribution in [0.5, 0.6) is 0 Å². The van der Waals surface area contributed by atoms with E-state index in [0.29, 0.717) is 17.9 Å². The monoisotopic (exact) mass is 296 g/mol. The van der Waals surface area contributed by atoms with Gasteiger partial charge in [-0.2, -0.15) is 0 Å². The molecule has 0 saturated carbocycles. The zero-order valence-corrected chi connectivity index (χ0v) is 13.3. The summed E-state index contributed by atoms with van der Waals surface area (Å²) in [6, 6.07) is -0.577. The number of amides is 1. The van der Waals surface area contributed by atoms with Gasteiger partial charge in [0, 0.05) is 27.3 Å². The molecule has 0 fully saturated rings. The summed E-state index contributed by atoms with van der Waals surface area (Å²) in [6.45, 7) is 4.12. The van der Waals surface area contributed by atoms with Crippen LogP contribution in [0.4, 0.5) is 0 Å². The van der Waals surface area contributed by atoms with Gasteiger partial charge in [0.25, 0.3) is 5.56 Å². The molecule has 1 amide bonds. The molecule has 0 aliphatic heterocycles. The molecule has 0 spiro atoms. The molecule has 0 aliphatic carbocycles. The number of aromatic nitrogens is 2. The number of carbonyl (C=O) groups excluding carboxylic acids is 1. The molecular weight excluding hydrogens is 272 g/mol. The lowest BCUT2D eigenvalue weighted by Crippen LogP contribution is -2.44.